The van der Waals surface area contributed by atoms with Crippen molar-refractivity contribution in [1.29, 1.82) is 0 Å². The molecule has 0 radical (unpaired) electrons. The van der Waals surface area contributed by atoms with Crippen LogP contribution in [0.3, 0.4) is 0 Å². The number of piperazine rings is 1. The predicted molar refractivity (Wildman–Crippen MR) is 175 cm³/mol. The van der Waals surface area contributed by atoms with E-state index in [1.54, 1.807) is 31.8 Å². The van der Waals surface area contributed by atoms with Gasteiger partial charge in [-0.25, -0.2) is 4.98 Å². The zero-order valence-electron chi connectivity index (χ0n) is 25.4. The maximum atomic E-state index is 5.82. The van der Waals surface area contributed by atoms with Crippen molar-refractivity contribution < 1.29 is 4.74 Å². The minimum absolute atomic E-state index is 0.464. The lowest BCUT2D eigenvalue weighted by Crippen LogP contribution is -2.52. The standard InChI is InChI=1S/C33H41N9O/c1-5-23-22-36-33(39-32(23)37-27-9-10-29-31(26(27)6-2)35-14-13-34-29)38-28-8-7-25(21-30(28)43-4)41-15-11-24(12-16-41)42-19-17-40(3)18-20-42/h5,7-10,13-14,21-22,24H,1,6,11-12,15-20H2,2-4H3,(H2,36,37,38,39). The number of rotatable bonds is 9. The lowest BCUT2D eigenvalue weighted by atomic mass is 10.0. The van der Waals surface area contributed by atoms with E-state index >= 15 is 0 Å². The molecule has 6 rings (SSSR count). The van der Waals surface area contributed by atoms with Gasteiger partial charge in [0, 0.05) is 92.5 Å². The van der Waals surface area contributed by atoms with E-state index in [2.05, 4.69) is 79.0 Å². The van der Waals surface area contributed by atoms with Gasteiger partial charge in [-0.2, -0.15) is 4.98 Å². The summed E-state index contributed by atoms with van der Waals surface area (Å²) in [5, 5.41) is 6.87. The van der Waals surface area contributed by atoms with Crippen LogP contribution in [0.2, 0.25) is 0 Å². The Morgan fingerprint density at radius 2 is 1.72 bits per heavy atom. The third-order valence-corrected chi connectivity index (χ3v) is 8.70. The fraction of sp³-hybridized carbons (Fsp3) is 0.394. The Labute approximate surface area is 253 Å². The summed E-state index contributed by atoms with van der Waals surface area (Å²) in [5.41, 5.74) is 6.56. The van der Waals surface area contributed by atoms with Crippen LogP contribution < -0.4 is 20.3 Å². The fourth-order valence-electron chi connectivity index (χ4n) is 6.17. The van der Waals surface area contributed by atoms with E-state index in [1.165, 1.54) is 44.7 Å². The molecular formula is C33H41N9O. The average Bonchev–Trinajstić information content (AvgIpc) is 3.05. The number of fused-ring (bicyclic) bond motifs is 1. The van der Waals surface area contributed by atoms with E-state index in [1.807, 2.05) is 12.1 Å². The summed E-state index contributed by atoms with van der Waals surface area (Å²) in [6.45, 7) is 12.9. The summed E-state index contributed by atoms with van der Waals surface area (Å²) in [5.74, 6) is 1.88. The molecule has 0 atom stereocenters. The van der Waals surface area contributed by atoms with Gasteiger partial charge in [0.1, 0.15) is 11.6 Å². The highest BCUT2D eigenvalue weighted by Gasteiger charge is 2.27. The predicted octanol–water partition coefficient (Wildman–Crippen LogP) is 5.34. The number of ether oxygens (including phenoxy) is 1. The number of nitrogens with zero attached hydrogens (tertiary/aromatic N) is 7. The van der Waals surface area contributed by atoms with Gasteiger partial charge in [0.05, 0.1) is 23.8 Å². The summed E-state index contributed by atoms with van der Waals surface area (Å²) < 4.78 is 5.82. The lowest BCUT2D eigenvalue weighted by molar-refractivity contribution is 0.0982. The molecule has 2 aromatic carbocycles. The molecule has 10 heteroatoms. The molecule has 2 saturated heterocycles. The Morgan fingerprint density at radius 3 is 2.47 bits per heavy atom. The number of benzene rings is 2. The van der Waals surface area contributed by atoms with Gasteiger partial charge in [0.2, 0.25) is 5.95 Å². The minimum atomic E-state index is 0.464. The molecule has 4 heterocycles. The molecular weight excluding hydrogens is 538 g/mol. The Hall–Kier alpha value is -4.28. The molecule has 2 aliphatic heterocycles. The van der Waals surface area contributed by atoms with E-state index in [4.69, 9.17) is 9.72 Å². The topological polar surface area (TPSA) is 94.6 Å². The number of hydrogen-bond donors (Lipinski definition) is 2. The zero-order chi connectivity index (χ0) is 29.8. The van der Waals surface area contributed by atoms with E-state index in [0.717, 1.165) is 58.8 Å². The summed E-state index contributed by atoms with van der Waals surface area (Å²) in [4.78, 5) is 26.0. The van der Waals surface area contributed by atoms with Crippen molar-refractivity contribution in [1.82, 2.24) is 29.7 Å². The normalized spacial score (nSPS) is 16.8. The van der Waals surface area contributed by atoms with Gasteiger partial charge in [-0.3, -0.25) is 14.9 Å². The van der Waals surface area contributed by atoms with Crippen molar-refractivity contribution in [2.24, 2.45) is 0 Å². The highest BCUT2D eigenvalue weighted by Crippen LogP contribution is 2.34. The van der Waals surface area contributed by atoms with Crippen molar-refractivity contribution in [2.75, 3.05) is 69.0 Å². The van der Waals surface area contributed by atoms with Gasteiger partial charge < -0.3 is 25.2 Å². The number of hydrogen-bond acceptors (Lipinski definition) is 10. The van der Waals surface area contributed by atoms with Crippen LogP contribution in [0.5, 0.6) is 5.75 Å². The molecule has 0 saturated carbocycles. The number of nitrogens with one attached hydrogen (secondary N) is 2. The number of piperidine rings is 1. The number of likely N-dealkylation sites (N-methyl/N-ethyl adjacent to an activating group) is 1. The van der Waals surface area contributed by atoms with Crippen LogP contribution in [-0.2, 0) is 6.42 Å². The zero-order valence-corrected chi connectivity index (χ0v) is 25.4. The smallest absolute Gasteiger partial charge is 0.229 e. The van der Waals surface area contributed by atoms with E-state index in [0.29, 0.717) is 17.8 Å². The van der Waals surface area contributed by atoms with E-state index in [9.17, 15) is 0 Å². The first-order valence-electron chi connectivity index (χ1n) is 15.2. The van der Waals surface area contributed by atoms with Crippen molar-refractivity contribution in [3.8, 4) is 5.75 Å². The lowest BCUT2D eigenvalue weighted by Gasteiger charge is -2.42. The molecule has 224 valence electrons. The third-order valence-electron chi connectivity index (χ3n) is 8.70. The average molecular weight is 580 g/mol. The molecule has 43 heavy (non-hydrogen) atoms. The quantitative estimate of drug-likeness (QED) is 0.271. The van der Waals surface area contributed by atoms with Crippen LogP contribution in [0, 0.1) is 0 Å². The molecule has 2 aromatic heterocycles. The Kier molecular flexibility index (Phi) is 8.67. The molecule has 4 aromatic rings. The van der Waals surface area contributed by atoms with Gasteiger partial charge in [-0.15, -0.1) is 0 Å². The molecule has 2 fully saturated rings. The van der Waals surface area contributed by atoms with Crippen molar-refractivity contribution in [3.05, 3.63) is 66.6 Å². The largest absolute Gasteiger partial charge is 0.494 e. The summed E-state index contributed by atoms with van der Waals surface area (Å²) in [6.07, 6.45) is 10.1. The molecule has 0 amide bonds. The second-order valence-corrected chi connectivity index (χ2v) is 11.3. The maximum absolute atomic E-state index is 5.82. The molecule has 2 N–H and O–H groups in total. The van der Waals surface area contributed by atoms with Crippen molar-refractivity contribution in [3.63, 3.8) is 0 Å². The number of methoxy groups -OCH3 is 1. The third kappa shape index (κ3) is 6.25. The first-order chi connectivity index (χ1) is 21.1. The Morgan fingerprint density at radius 1 is 0.953 bits per heavy atom. The van der Waals surface area contributed by atoms with Gasteiger partial charge >= 0.3 is 0 Å². The van der Waals surface area contributed by atoms with Crippen LogP contribution in [0.15, 0.2) is 55.5 Å². The van der Waals surface area contributed by atoms with Crippen molar-refractivity contribution >= 4 is 45.9 Å². The van der Waals surface area contributed by atoms with Crippen LogP contribution in [0.1, 0.15) is 30.9 Å². The number of anilines is 5. The molecule has 0 spiro atoms. The summed E-state index contributed by atoms with van der Waals surface area (Å²) >= 11 is 0. The van der Waals surface area contributed by atoms with Gasteiger partial charge in [-0.1, -0.05) is 19.6 Å². The molecule has 0 aliphatic carbocycles. The van der Waals surface area contributed by atoms with Crippen LogP contribution in [0.25, 0.3) is 17.1 Å². The van der Waals surface area contributed by atoms with Gasteiger partial charge in [0.25, 0.3) is 0 Å². The number of aromatic nitrogens is 4. The minimum Gasteiger partial charge on any atom is -0.494 e. The molecule has 10 nitrogen and oxygen atoms in total. The summed E-state index contributed by atoms with van der Waals surface area (Å²) in [6, 6.07) is 11.0. The summed E-state index contributed by atoms with van der Waals surface area (Å²) in [7, 11) is 3.92. The fourth-order valence-corrected chi connectivity index (χ4v) is 6.17. The van der Waals surface area contributed by atoms with Crippen LogP contribution in [0.4, 0.5) is 28.8 Å². The second kappa shape index (κ2) is 12.9. The molecule has 2 aliphatic rings. The SMILES string of the molecule is C=Cc1cnc(Nc2ccc(N3CCC(N4CCN(C)CC4)CC3)cc2OC)nc1Nc1ccc2nccnc2c1CC. The van der Waals surface area contributed by atoms with E-state index in [-0.39, 0.29) is 0 Å². The second-order valence-electron chi connectivity index (χ2n) is 11.3. The molecule has 0 unspecified atom stereocenters. The van der Waals surface area contributed by atoms with Crippen molar-refractivity contribution in [2.45, 2.75) is 32.2 Å². The van der Waals surface area contributed by atoms with Crippen LogP contribution >= 0.6 is 0 Å². The monoisotopic (exact) mass is 579 g/mol. The van der Waals surface area contributed by atoms with Crippen LogP contribution in [-0.4, -0.2) is 89.2 Å². The Bertz CT molecular complexity index is 1580. The van der Waals surface area contributed by atoms with Gasteiger partial charge in [-0.05, 0) is 50.6 Å². The Balaban J connectivity index is 1.17. The number of aryl methyl sites for hydroxylation is 1. The highest BCUT2D eigenvalue weighted by atomic mass is 16.5. The molecule has 0 bridgehead atoms. The first-order valence-corrected chi connectivity index (χ1v) is 15.2. The van der Waals surface area contributed by atoms with E-state index < -0.39 is 0 Å². The highest BCUT2D eigenvalue weighted by molar-refractivity contribution is 5.85. The first kappa shape index (κ1) is 28.8. The maximum Gasteiger partial charge on any atom is 0.229 e. The van der Waals surface area contributed by atoms with Gasteiger partial charge in [0.15, 0.2) is 0 Å².